The van der Waals surface area contributed by atoms with E-state index in [2.05, 4.69) is 10.2 Å². The predicted octanol–water partition coefficient (Wildman–Crippen LogP) is 0.963. The van der Waals surface area contributed by atoms with E-state index in [1.807, 2.05) is 0 Å². The summed E-state index contributed by atoms with van der Waals surface area (Å²) in [5.74, 6) is 0. The number of nitro benzene ring substituents is 1. The van der Waals surface area contributed by atoms with Crippen LogP contribution in [0.15, 0.2) is 18.3 Å². The third kappa shape index (κ3) is 1.21. The van der Waals surface area contributed by atoms with Gasteiger partial charge in [-0.15, -0.1) is 0 Å². The van der Waals surface area contributed by atoms with Crippen LogP contribution in [-0.4, -0.2) is 20.2 Å². The zero-order valence-electron chi connectivity index (χ0n) is 7.10. The average molecular weight is 193 g/mol. The molecule has 0 aliphatic rings. The lowest BCUT2D eigenvalue weighted by Crippen LogP contribution is -1.91. The molecule has 0 saturated heterocycles. The van der Waals surface area contributed by atoms with Crippen molar-refractivity contribution >= 4 is 16.6 Å². The lowest BCUT2D eigenvalue weighted by Gasteiger charge is -1.98. The van der Waals surface area contributed by atoms with Gasteiger partial charge in [-0.3, -0.25) is 15.2 Å². The summed E-state index contributed by atoms with van der Waals surface area (Å²) in [6, 6.07) is 2.74. The Morgan fingerprint density at radius 2 is 2.36 bits per heavy atom. The van der Waals surface area contributed by atoms with Crippen LogP contribution in [-0.2, 0) is 6.61 Å². The van der Waals surface area contributed by atoms with Crippen molar-refractivity contribution < 1.29 is 10.0 Å². The van der Waals surface area contributed by atoms with Gasteiger partial charge in [0.2, 0.25) is 0 Å². The Kier molecular flexibility index (Phi) is 1.90. The fourth-order valence-corrected chi connectivity index (χ4v) is 1.34. The number of hydrogen-bond donors (Lipinski definition) is 2. The third-order valence-electron chi connectivity index (χ3n) is 2.01. The van der Waals surface area contributed by atoms with Crippen molar-refractivity contribution in [1.82, 2.24) is 10.2 Å². The van der Waals surface area contributed by atoms with Gasteiger partial charge in [-0.2, -0.15) is 5.10 Å². The van der Waals surface area contributed by atoms with Gasteiger partial charge >= 0.3 is 0 Å². The van der Waals surface area contributed by atoms with Crippen molar-refractivity contribution in [3.05, 3.63) is 34.0 Å². The Balaban J connectivity index is 2.73. The zero-order valence-corrected chi connectivity index (χ0v) is 7.10. The molecule has 2 aromatic rings. The summed E-state index contributed by atoms with van der Waals surface area (Å²) in [4.78, 5) is 10.0. The molecule has 0 bridgehead atoms. The molecule has 14 heavy (non-hydrogen) atoms. The van der Waals surface area contributed by atoms with Crippen molar-refractivity contribution in [3.63, 3.8) is 0 Å². The van der Waals surface area contributed by atoms with E-state index in [1.165, 1.54) is 18.3 Å². The first-order valence-electron chi connectivity index (χ1n) is 3.93. The minimum atomic E-state index is -0.501. The number of aliphatic hydroxyl groups excluding tert-OH is 1. The Morgan fingerprint density at radius 3 is 3.00 bits per heavy atom. The Morgan fingerprint density at radius 1 is 1.57 bits per heavy atom. The van der Waals surface area contributed by atoms with E-state index in [0.29, 0.717) is 16.5 Å². The number of nitro groups is 1. The molecule has 1 heterocycles. The molecule has 0 amide bonds. The largest absolute Gasteiger partial charge is 0.392 e. The Bertz CT molecular complexity index is 492. The summed E-state index contributed by atoms with van der Waals surface area (Å²) in [5, 5.41) is 26.6. The third-order valence-corrected chi connectivity index (χ3v) is 2.01. The molecule has 1 aromatic carbocycles. The minimum Gasteiger partial charge on any atom is -0.392 e. The second-order valence-corrected chi connectivity index (χ2v) is 2.85. The number of rotatable bonds is 2. The molecule has 0 fully saturated rings. The summed E-state index contributed by atoms with van der Waals surface area (Å²) in [6.45, 7) is -0.238. The van der Waals surface area contributed by atoms with Crippen LogP contribution in [0.25, 0.3) is 10.9 Å². The van der Waals surface area contributed by atoms with Crippen molar-refractivity contribution in [1.29, 1.82) is 0 Å². The highest BCUT2D eigenvalue weighted by molar-refractivity contribution is 5.84. The first kappa shape index (κ1) is 8.64. The van der Waals surface area contributed by atoms with Crippen LogP contribution < -0.4 is 0 Å². The fraction of sp³-hybridized carbons (Fsp3) is 0.125. The monoisotopic (exact) mass is 193 g/mol. The van der Waals surface area contributed by atoms with Crippen molar-refractivity contribution in [2.24, 2.45) is 0 Å². The van der Waals surface area contributed by atoms with Crippen molar-refractivity contribution in [2.75, 3.05) is 0 Å². The number of aliphatic hydroxyl groups is 1. The van der Waals surface area contributed by atoms with E-state index >= 15 is 0 Å². The van der Waals surface area contributed by atoms with Crippen LogP contribution in [0.3, 0.4) is 0 Å². The highest BCUT2D eigenvalue weighted by atomic mass is 16.6. The van der Waals surface area contributed by atoms with Gasteiger partial charge in [0.1, 0.15) is 0 Å². The van der Waals surface area contributed by atoms with E-state index in [4.69, 9.17) is 5.11 Å². The number of aromatic nitrogens is 2. The van der Waals surface area contributed by atoms with E-state index in [0.717, 1.165) is 0 Å². The number of nitrogens with zero attached hydrogens (tertiary/aromatic N) is 2. The smallest absolute Gasteiger partial charge is 0.271 e. The van der Waals surface area contributed by atoms with Crippen molar-refractivity contribution in [3.8, 4) is 0 Å². The van der Waals surface area contributed by atoms with Gasteiger partial charge in [-0.1, -0.05) is 0 Å². The van der Waals surface area contributed by atoms with Gasteiger partial charge in [0.05, 0.1) is 23.2 Å². The van der Waals surface area contributed by atoms with Crippen LogP contribution in [0.5, 0.6) is 0 Å². The highest BCUT2D eigenvalue weighted by Gasteiger charge is 2.11. The van der Waals surface area contributed by atoms with Gasteiger partial charge in [0, 0.05) is 17.5 Å². The normalized spacial score (nSPS) is 10.6. The van der Waals surface area contributed by atoms with Gasteiger partial charge < -0.3 is 5.11 Å². The van der Waals surface area contributed by atoms with Crippen LogP contribution in [0.2, 0.25) is 0 Å². The van der Waals surface area contributed by atoms with Gasteiger partial charge in [0.15, 0.2) is 0 Å². The summed E-state index contributed by atoms with van der Waals surface area (Å²) in [5.41, 5.74) is 1.01. The summed E-state index contributed by atoms with van der Waals surface area (Å²) < 4.78 is 0. The van der Waals surface area contributed by atoms with E-state index in [-0.39, 0.29) is 12.3 Å². The van der Waals surface area contributed by atoms with E-state index in [9.17, 15) is 10.1 Å². The number of benzene rings is 1. The fourth-order valence-electron chi connectivity index (χ4n) is 1.34. The molecule has 6 heteroatoms. The summed E-state index contributed by atoms with van der Waals surface area (Å²) >= 11 is 0. The lowest BCUT2D eigenvalue weighted by atomic mass is 10.1. The number of hydrogen-bond acceptors (Lipinski definition) is 4. The van der Waals surface area contributed by atoms with Crippen LogP contribution in [0.4, 0.5) is 5.69 Å². The molecule has 0 radical (unpaired) electrons. The number of nitrogens with one attached hydrogen (secondary N) is 1. The number of fused-ring (bicyclic) bond motifs is 1. The van der Waals surface area contributed by atoms with Gasteiger partial charge in [0.25, 0.3) is 5.69 Å². The summed E-state index contributed by atoms with van der Waals surface area (Å²) in [7, 11) is 0. The van der Waals surface area contributed by atoms with Gasteiger partial charge in [-0.25, -0.2) is 0 Å². The average Bonchev–Trinajstić information content (AvgIpc) is 2.63. The standard InChI is InChI=1S/C8H7N3O3/c12-4-5-1-6(11(13)14)2-8-7(5)3-9-10-8/h1-3,12H,4H2,(H,9,10). The Hall–Kier alpha value is -1.95. The first-order valence-corrected chi connectivity index (χ1v) is 3.93. The maximum atomic E-state index is 10.5. The summed E-state index contributed by atoms with van der Waals surface area (Å²) in [6.07, 6.45) is 1.53. The molecule has 0 unspecified atom stereocenters. The minimum absolute atomic E-state index is 0.0502. The van der Waals surface area contributed by atoms with Crippen LogP contribution in [0.1, 0.15) is 5.56 Å². The molecule has 72 valence electrons. The highest BCUT2D eigenvalue weighted by Crippen LogP contribution is 2.23. The molecule has 0 aliphatic carbocycles. The second-order valence-electron chi connectivity index (χ2n) is 2.85. The van der Waals surface area contributed by atoms with Crippen LogP contribution in [0, 0.1) is 10.1 Å². The quantitative estimate of drug-likeness (QED) is 0.548. The number of non-ortho nitro benzene ring substituents is 1. The SMILES string of the molecule is O=[N+]([O-])c1cc(CO)c2cn[nH]c2c1. The second kappa shape index (κ2) is 3.08. The molecule has 1 aromatic heterocycles. The Labute approximate surface area is 78.3 Å². The maximum Gasteiger partial charge on any atom is 0.271 e. The molecule has 2 rings (SSSR count). The zero-order chi connectivity index (χ0) is 10.1. The molecule has 0 spiro atoms. The topological polar surface area (TPSA) is 92.1 Å². The molecule has 2 N–H and O–H groups in total. The van der Waals surface area contributed by atoms with E-state index in [1.54, 1.807) is 0 Å². The predicted molar refractivity (Wildman–Crippen MR) is 48.7 cm³/mol. The molecular formula is C8H7N3O3. The maximum absolute atomic E-state index is 10.5. The lowest BCUT2D eigenvalue weighted by molar-refractivity contribution is -0.384. The van der Waals surface area contributed by atoms with Crippen molar-refractivity contribution in [2.45, 2.75) is 6.61 Å². The molecule has 0 atom stereocenters. The molecular weight excluding hydrogens is 186 g/mol. The first-order chi connectivity index (χ1) is 6.72. The van der Waals surface area contributed by atoms with Gasteiger partial charge in [-0.05, 0) is 5.56 Å². The molecule has 0 saturated carbocycles. The number of aromatic amines is 1. The van der Waals surface area contributed by atoms with Crippen LogP contribution >= 0.6 is 0 Å². The molecule has 0 aliphatic heterocycles. The van der Waals surface area contributed by atoms with E-state index < -0.39 is 4.92 Å². The number of H-pyrrole nitrogens is 1. The molecule has 6 nitrogen and oxygen atoms in total.